The highest BCUT2D eigenvalue weighted by Gasteiger charge is 2.52. The maximum absolute atomic E-state index is 12.5. The fourth-order valence-corrected chi connectivity index (χ4v) is 2.75. The highest BCUT2D eigenvalue weighted by Crippen LogP contribution is 2.41. The van der Waals surface area contributed by atoms with Crippen molar-refractivity contribution in [3.8, 4) is 0 Å². The van der Waals surface area contributed by atoms with Crippen molar-refractivity contribution in [2.75, 3.05) is 13.1 Å². The van der Waals surface area contributed by atoms with E-state index in [-0.39, 0.29) is 24.3 Å². The van der Waals surface area contributed by atoms with E-state index in [0.717, 1.165) is 12.8 Å². The fourth-order valence-electron chi connectivity index (χ4n) is 2.75. The zero-order valence-corrected chi connectivity index (χ0v) is 11.7. The summed E-state index contributed by atoms with van der Waals surface area (Å²) in [5.74, 6) is 1.24. The lowest BCUT2D eigenvalue weighted by atomic mass is 9.91. The van der Waals surface area contributed by atoms with E-state index >= 15 is 0 Å². The van der Waals surface area contributed by atoms with Gasteiger partial charge in [-0.1, -0.05) is 5.16 Å². The highest BCUT2D eigenvalue weighted by atomic mass is 16.5. The number of nitrogens with zero attached hydrogens (tertiary/aromatic N) is 3. The Morgan fingerprint density at radius 1 is 1.45 bits per heavy atom. The molecule has 0 bridgehead atoms. The Morgan fingerprint density at radius 2 is 2.20 bits per heavy atom. The average Bonchev–Trinajstić information content (AvgIpc) is 3.17. The zero-order chi connectivity index (χ0) is 14.3. The summed E-state index contributed by atoms with van der Waals surface area (Å²) >= 11 is 0. The molecule has 20 heavy (non-hydrogen) atoms. The molecule has 0 radical (unpaired) electrons. The van der Waals surface area contributed by atoms with Gasteiger partial charge in [0.1, 0.15) is 5.54 Å². The number of carbonyl (C=O) groups excluding carboxylic acids is 2. The van der Waals surface area contributed by atoms with Crippen LogP contribution >= 0.6 is 0 Å². The van der Waals surface area contributed by atoms with Gasteiger partial charge in [0.05, 0.1) is 6.54 Å². The Balaban J connectivity index is 1.68. The molecule has 1 saturated heterocycles. The van der Waals surface area contributed by atoms with Crippen LogP contribution in [0.5, 0.6) is 0 Å². The van der Waals surface area contributed by atoms with Gasteiger partial charge in [-0.05, 0) is 32.6 Å². The Morgan fingerprint density at radius 3 is 2.80 bits per heavy atom. The Kier molecular flexibility index (Phi) is 2.99. The van der Waals surface area contributed by atoms with Crippen LogP contribution in [0.3, 0.4) is 0 Å². The number of aryl methyl sites for hydroxylation is 1. The van der Waals surface area contributed by atoms with Gasteiger partial charge in [-0.25, -0.2) is 0 Å². The summed E-state index contributed by atoms with van der Waals surface area (Å²) in [6.07, 6.45) is 2.47. The van der Waals surface area contributed by atoms with Crippen LogP contribution in [0.25, 0.3) is 0 Å². The third-order valence-electron chi connectivity index (χ3n) is 4.02. The molecular weight excluding hydrogens is 260 g/mol. The van der Waals surface area contributed by atoms with Crippen molar-refractivity contribution >= 4 is 11.8 Å². The molecule has 2 aliphatic rings. The largest absolute Gasteiger partial charge is 0.340 e. The van der Waals surface area contributed by atoms with Crippen molar-refractivity contribution in [2.24, 2.45) is 5.92 Å². The fraction of sp³-hybridized carbons (Fsp3) is 0.692. The number of carbonyl (C=O) groups is 2. The van der Waals surface area contributed by atoms with Gasteiger partial charge in [0.15, 0.2) is 5.82 Å². The third kappa shape index (κ3) is 2.28. The lowest BCUT2D eigenvalue weighted by molar-refractivity contribution is -0.150. The number of nitrogens with one attached hydrogen (secondary N) is 1. The predicted molar refractivity (Wildman–Crippen MR) is 68.6 cm³/mol. The van der Waals surface area contributed by atoms with Gasteiger partial charge < -0.3 is 14.7 Å². The van der Waals surface area contributed by atoms with E-state index in [0.29, 0.717) is 24.7 Å². The molecule has 1 unspecified atom stereocenters. The van der Waals surface area contributed by atoms with Gasteiger partial charge in [0.2, 0.25) is 17.7 Å². The maximum atomic E-state index is 12.5. The van der Waals surface area contributed by atoms with Crippen LogP contribution in [0.2, 0.25) is 0 Å². The Bertz CT molecular complexity index is 552. The van der Waals surface area contributed by atoms with E-state index in [4.69, 9.17) is 4.52 Å². The summed E-state index contributed by atoms with van der Waals surface area (Å²) in [5.41, 5.74) is -0.736. The molecule has 108 valence electrons. The summed E-state index contributed by atoms with van der Waals surface area (Å²) in [6, 6.07) is 0. The second-order valence-corrected chi connectivity index (χ2v) is 5.74. The topological polar surface area (TPSA) is 88.3 Å². The van der Waals surface area contributed by atoms with Crippen molar-refractivity contribution < 1.29 is 14.1 Å². The minimum absolute atomic E-state index is 0.00385. The van der Waals surface area contributed by atoms with Gasteiger partial charge in [-0.3, -0.25) is 9.59 Å². The quantitative estimate of drug-likeness (QED) is 0.840. The molecule has 7 nitrogen and oxygen atoms in total. The first-order valence-electron chi connectivity index (χ1n) is 6.88. The molecule has 2 amide bonds. The minimum Gasteiger partial charge on any atom is -0.340 e. The minimum atomic E-state index is -0.736. The van der Waals surface area contributed by atoms with Crippen LogP contribution in [-0.2, 0) is 16.0 Å². The summed E-state index contributed by atoms with van der Waals surface area (Å²) in [5, 5.41) is 6.57. The highest BCUT2D eigenvalue weighted by molar-refractivity contribution is 5.98. The monoisotopic (exact) mass is 278 g/mol. The van der Waals surface area contributed by atoms with E-state index in [1.54, 1.807) is 11.8 Å². The van der Waals surface area contributed by atoms with Crippen LogP contribution < -0.4 is 5.32 Å². The number of aromatic nitrogens is 2. The number of piperazine rings is 1. The molecule has 1 N–H and O–H groups in total. The molecule has 3 rings (SSSR count). The van der Waals surface area contributed by atoms with Gasteiger partial charge in [-0.15, -0.1) is 0 Å². The Labute approximate surface area is 116 Å². The van der Waals surface area contributed by atoms with Crippen molar-refractivity contribution in [1.29, 1.82) is 0 Å². The molecule has 2 fully saturated rings. The Hall–Kier alpha value is -1.92. The summed E-state index contributed by atoms with van der Waals surface area (Å²) < 4.78 is 5.03. The van der Waals surface area contributed by atoms with Crippen LogP contribution in [0.1, 0.15) is 31.5 Å². The van der Waals surface area contributed by atoms with Crippen molar-refractivity contribution in [1.82, 2.24) is 20.4 Å². The first kappa shape index (κ1) is 13.1. The number of hydrogen-bond donors (Lipinski definition) is 1. The van der Waals surface area contributed by atoms with E-state index in [1.807, 2.05) is 6.92 Å². The van der Waals surface area contributed by atoms with E-state index in [9.17, 15) is 9.59 Å². The van der Waals surface area contributed by atoms with Crippen molar-refractivity contribution in [2.45, 2.75) is 38.6 Å². The first-order chi connectivity index (χ1) is 9.49. The maximum Gasteiger partial charge on any atom is 0.248 e. The second kappa shape index (κ2) is 4.57. The lowest BCUT2D eigenvalue weighted by Gasteiger charge is -2.40. The molecular formula is C13H18N4O3. The van der Waals surface area contributed by atoms with Crippen molar-refractivity contribution in [3.05, 3.63) is 11.7 Å². The van der Waals surface area contributed by atoms with Crippen molar-refractivity contribution in [3.63, 3.8) is 0 Å². The predicted octanol–water partition coefficient (Wildman–Crippen LogP) is 0.0476. The molecule has 1 aliphatic heterocycles. The lowest BCUT2D eigenvalue weighted by Crippen LogP contribution is -2.66. The molecule has 1 saturated carbocycles. The molecule has 1 aromatic heterocycles. The molecule has 0 spiro atoms. The average molecular weight is 278 g/mol. The normalized spacial score (nSPS) is 26.8. The van der Waals surface area contributed by atoms with E-state index in [1.165, 1.54) is 0 Å². The standard InChI is InChI=1S/C13H18N4O3/c1-8-14-11(20-16-8)5-6-17-7-10(18)15-13(2,12(17)19)9-3-4-9/h9H,3-7H2,1-2H3,(H,15,18). The summed E-state index contributed by atoms with van der Waals surface area (Å²) in [4.78, 5) is 30.1. The molecule has 7 heteroatoms. The third-order valence-corrected chi connectivity index (χ3v) is 4.02. The zero-order valence-electron chi connectivity index (χ0n) is 11.7. The van der Waals surface area contributed by atoms with Gasteiger partial charge in [0, 0.05) is 13.0 Å². The number of amides is 2. The SMILES string of the molecule is Cc1noc(CCN2CC(=O)NC(C)(C3CC3)C2=O)n1. The summed E-state index contributed by atoms with van der Waals surface area (Å²) in [7, 11) is 0. The van der Waals surface area contributed by atoms with Crippen LogP contribution in [0, 0.1) is 12.8 Å². The molecule has 0 aromatic carbocycles. The molecule has 2 heterocycles. The smallest absolute Gasteiger partial charge is 0.248 e. The molecule has 1 aromatic rings. The number of rotatable bonds is 4. The van der Waals surface area contributed by atoms with Crippen LogP contribution in [0.4, 0.5) is 0 Å². The summed E-state index contributed by atoms with van der Waals surface area (Å²) in [6.45, 7) is 4.11. The van der Waals surface area contributed by atoms with E-state index in [2.05, 4.69) is 15.5 Å². The second-order valence-electron chi connectivity index (χ2n) is 5.74. The molecule has 1 atom stereocenters. The van der Waals surface area contributed by atoms with Gasteiger partial charge >= 0.3 is 0 Å². The van der Waals surface area contributed by atoms with E-state index < -0.39 is 5.54 Å². The van der Waals surface area contributed by atoms with Gasteiger partial charge in [-0.2, -0.15) is 4.98 Å². The molecule has 1 aliphatic carbocycles. The van der Waals surface area contributed by atoms with Crippen LogP contribution in [-0.4, -0.2) is 45.5 Å². The first-order valence-corrected chi connectivity index (χ1v) is 6.88. The number of hydrogen-bond acceptors (Lipinski definition) is 5. The van der Waals surface area contributed by atoms with Crippen LogP contribution in [0.15, 0.2) is 4.52 Å². The van der Waals surface area contributed by atoms with Gasteiger partial charge in [0.25, 0.3) is 0 Å².